The van der Waals surface area contributed by atoms with Crippen molar-refractivity contribution in [1.82, 2.24) is 34.7 Å². The van der Waals surface area contributed by atoms with Gasteiger partial charge in [0.2, 0.25) is 0 Å². The molecule has 9 heteroatoms. The molecule has 8 nitrogen and oxygen atoms in total. The lowest BCUT2D eigenvalue weighted by atomic mass is 10.0. The molecule has 0 aliphatic heterocycles. The number of benzene rings is 1. The first-order valence-corrected chi connectivity index (χ1v) is 10.7. The van der Waals surface area contributed by atoms with E-state index in [-0.39, 0.29) is 5.82 Å². The Kier molecular flexibility index (Phi) is 4.44. The van der Waals surface area contributed by atoms with Crippen molar-refractivity contribution in [3.05, 3.63) is 66.6 Å². The average Bonchev–Trinajstić information content (AvgIpc) is 3.54. The minimum atomic E-state index is -0.373. The van der Waals surface area contributed by atoms with Crippen LogP contribution in [0.2, 0.25) is 0 Å². The Bertz CT molecular complexity index is 1690. The van der Waals surface area contributed by atoms with Gasteiger partial charge in [0.05, 0.1) is 47.6 Å². The number of imidazole rings is 1. The first-order chi connectivity index (χ1) is 16.5. The van der Waals surface area contributed by atoms with Crippen molar-refractivity contribution in [2.75, 3.05) is 7.11 Å². The average molecular weight is 453 g/mol. The second-order valence-electron chi connectivity index (χ2n) is 8.13. The first kappa shape index (κ1) is 20.1. The van der Waals surface area contributed by atoms with Gasteiger partial charge in [-0.2, -0.15) is 5.10 Å². The van der Waals surface area contributed by atoms with Gasteiger partial charge in [-0.25, -0.2) is 14.4 Å². The molecule has 0 unspecified atom stereocenters. The van der Waals surface area contributed by atoms with Crippen LogP contribution in [0.5, 0.6) is 5.75 Å². The van der Waals surface area contributed by atoms with Gasteiger partial charge in [-0.15, -0.1) is 0 Å². The van der Waals surface area contributed by atoms with Crippen LogP contribution in [-0.2, 0) is 7.05 Å². The van der Waals surface area contributed by atoms with Crippen LogP contribution in [0, 0.1) is 12.7 Å². The molecule has 168 valence electrons. The van der Waals surface area contributed by atoms with Gasteiger partial charge >= 0.3 is 0 Å². The normalized spacial score (nSPS) is 11.5. The summed E-state index contributed by atoms with van der Waals surface area (Å²) in [6.07, 6.45) is 5.28. The molecule has 0 saturated carbocycles. The van der Waals surface area contributed by atoms with Crippen LogP contribution in [-0.4, -0.2) is 41.8 Å². The summed E-state index contributed by atoms with van der Waals surface area (Å²) >= 11 is 0. The largest absolute Gasteiger partial charge is 0.497 e. The number of nitrogens with zero attached hydrogens (tertiary/aromatic N) is 5. The lowest BCUT2D eigenvalue weighted by molar-refractivity contribution is 0.411. The van der Waals surface area contributed by atoms with Crippen molar-refractivity contribution in [2.24, 2.45) is 7.05 Å². The Morgan fingerprint density at radius 2 is 1.91 bits per heavy atom. The van der Waals surface area contributed by atoms with Gasteiger partial charge in [-0.1, -0.05) is 0 Å². The molecule has 0 aliphatic carbocycles. The number of H-pyrrole nitrogens is 2. The minimum absolute atomic E-state index is 0.373. The number of pyridine rings is 2. The number of hydrogen-bond donors (Lipinski definition) is 2. The molecule has 2 N–H and O–H groups in total. The number of ether oxygens (including phenoxy) is 1. The van der Waals surface area contributed by atoms with Crippen LogP contribution in [0.15, 0.2) is 55.0 Å². The smallest absolute Gasteiger partial charge is 0.135 e. The van der Waals surface area contributed by atoms with Crippen molar-refractivity contribution in [1.29, 1.82) is 0 Å². The highest BCUT2D eigenvalue weighted by Crippen LogP contribution is 2.35. The predicted molar refractivity (Wildman–Crippen MR) is 128 cm³/mol. The van der Waals surface area contributed by atoms with Crippen molar-refractivity contribution in [3.63, 3.8) is 0 Å². The predicted octanol–water partition coefficient (Wildman–Crippen LogP) is 5.02. The minimum Gasteiger partial charge on any atom is -0.497 e. The van der Waals surface area contributed by atoms with Gasteiger partial charge in [0, 0.05) is 30.3 Å². The van der Waals surface area contributed by atoms with Crippen LogP contribution in [0.25, 0.3) is 55.8 Å². The molecule has 0 fully saturated rings. The summed E-state index contributed by atoms with van der Waals surface area (Å²) in [5.41, 5.74) is 7.05. The molecule has 5 heterocycles. The molecule has 5 aromatic heterocycles. The second-order valence-corrected chi connectivity index (χ2v) is 8.13. The highest BCUT2D eigenvalue weighted by molar-refractivity contribution is 6.00. The molecule has 0 amide bonds. The summed E-state index contributed by atoms with van der Waals surface area (Å²) in [5.74, 6) is 0.986. The Labute approximate surface area is 193 Å². The molecule has 0 aliphatic rings. The zero-order valence-corrected chi connectivity index (χ0v) is 18.7. The maximum Gasteiger partial charge on any atom is 0.135 e. The van der Waals surface area contributed by atoms with Gasteiger partial charge in [0.1, 0.15) is 28.6 Å². The molecule has 0 bridgehead atoms. The van der Waals surface area contributed by atoms with Gasteiger partial charge in [-0.05, 0) is 42.8 Å². The zero-order chi connectivity index (χ0) is 23.4. The highest BCUT2D eigenvalue weighted by atomic mass is 19.1. The number of aromatic nitrogens is 7. The molecule has 0 atom stereocenters. The number of fused-ring (bicyclic) bond motifs is 2. The fourth-order valence-electron chi connectivity index (χ4n) is 4.21. The van der Waals surface area contributed by atoms with Gasteiger partial charge < -0.3 is 14.3 Å². The molecular weight excluding hydrogens is 433 g/mol. The van der Waals surface area contributed by atoms with Crippen LogP contribution >= 0.6 is 0 Å². The molecular formula is C25H20FN7O. The molecule has 0 saturated heterocycles. The number of halogens is 1. The fraction of sp³-hybridized carbons (Fsp3) is 0.120. The summed E-state index contributed by atoms with van der Waals surface area (Å²) in [6.45, 7) is 1.95. The molecule has 0 spiro atoms. The maximum absolute atomic E-state index is 14.2. The fourth-order valence-corrected chi connectivity index (χ4v) is 4.21. The van der Waals surface area contributed by atoms with Crippen LogP contribution < -0.4 is 4.74 Å². The maximum atomic E-state index is 14.2. The summed E-state index contributed by atoms with van der Waals surface area (Å²) in [7, 11) is 3.48. The van der Waals surface area contributed by atoms with E-state index in [9.17, 15) is 4.39 Å². The Balaban J connectivity index is 1.50. The number of nitrogens with one attached hydrogen (secondary N) is 2. The van der Waals surface area contributed by atoms with E-state index in [1.54, 1.807) is 18.5 Å². The summed E-state index contributed by atoms with van der Waals surface area (Å²) in [6, 6.07) is 10.5. The van der Waals surface area contributed by atoms with Crippen LogP contribution in [0.1, 0.15) is 5.82 Å². The molecule has 6 rings (SSSR count). The van der Waals surface area contributed by atoms with Crippen molar-refractivity contribution >= 4 is 21.9 Å². The molecule has 0 radical (unpaired) electrons. The Morgan fingerprint density at radius 3 is 2.71 bits per heavy atom. The van der Waals surface area contributed by atoms with E-state index in [0.29, 0.717) is 17.0 Å². The zero-order valence-electron chi connectivity index (χ0n) is 18.7. The highest BCUT2D eigenvalue weighted by Gasteiger charge is 2.17. The van der Waals surface area contributed by atoms with E-state index in [1.807, 2.05) is 42.9 Å². The van der Waals surface area contributed by atoms with Gasteiger partial charge in [-0.3, -0.25) is 10.1 Å². The molecule has 1 aromatic carbocycles. The summed E-state index contributed by atoms with van der Waals surface area (Å²) in [4.78, 5) is 17.0. The second kappa shape index (κ2) is 7.51. The quantitative estimate of drug-likeness (QED) is 0.390. The molecule has 34 heavy (non-hydrogen) atoms. The van der Waals surface area contributed by atoms with Crippen LogP contribution in [0.4, 0.5) is 4.39 Å². The third-order valence-corrected chi connectivity index (χ3v) is 6.11. The van der Waals surface area contributed by atoms with E-state index >= 15 is 0 Å². The lowest BCUT2D eigenvalue weighted by Crippen LogP contribution is -1.96. The topological polar surface area (TPSA) is 97.3 Å². The van der Waals surface area contributed by atoms with E-state index in [4.69, 9.17) is 9.72 Å². The number of aryl methyl sites for hydroxylation is 1. The molecule has 6 aromatic rings. The van der Waals surface area contributed by atoms with Crippen molar-refractivity contribution < 1.29 is 9.13 Å². The first-order valence-electron chi connectivity index (χ1n) is 10.7. The standard InChI is InChI=1S/C25H20FN7O/c1-13-28-12-23(33(13)2)19-4-5-20-24(30-19)25(32-31-20)21-9-17-18(10-27-11-22(17)29-21)14-6-15(26)8-16(7-14)34-3/h4-12,29H,1-3H3,(H,31,32). The van der Waals surface area contributed by atoms with E-state index in [1.165, 1.54) is 19.2 Å². The number of methoxy groups -OCH3 is 1. The third-order valence-electron chi connectivity index (χ3n) is 6.11. The monoisotopic (exact) mass is 453 g/mol. The Hall–Kier alpha value is -4.53. The lowest BCUT2D eigenvalue weighted by Gasteiger charge is -2.06. The van der Waals surface area contributed by atoms with Gasteiger partial charge in [0.15, 0.2) is 0 Å². The van der Waals surface area contributed by atoms with E-state index in [0.717, 1.165) is 50.4 Å². The van der Waals surface area contributed by atoms with E-state index < -0.39 is 0 Å². The van der Waals surface area contributed by atoms with Crippen molar-refractivity contribution in [3.8, 4) is 39.7 Å². The third kappa shape index (κ3) is 3.13. The summed E-state index contributed by atoms with van der Waals surface area (Å²) < 4.78 is 21.4. The number of aromatic amines is 2. The number of hydrogen-bond acceptors (Lipinski definition) is 5. The van der Waals surface area contributed by atoms with Crippen LogP contribution in [0.3, 0.4) is 0 Å². The SMILES string of the molecule is COc1cc(F)cc(-c2cncc3[nH]c(-c4n[nH]c5ccc(-c6cnc(C)n6C)nc45)cc23)c1. The summed E-state index contributed by atoms with van der Waals surface area (Å²) in [5, 5.41) is 8.48. The van der Waals surface area contributed by atoms with E-state index in [2.05, 4.69) is 25.1 Å². The number of rotatable bonds is 4. The van der Waals surface area contributed by atoms with Gasteiger partial charge in [0.25, 0.3) is 0 Å². The Morgan fingerprint density at radius 1 is 1.03 bits per heavy atom. The van der Waals surface area contributed by atoms with Crippen molar-refractivity contribution in [2.45, 2.75) is 6.92 Å².